The lowest BCUT2D eigenvalue weighted by Crippen LogP contribution is -2.62. The summed E-state index contributed by atoms with van der Waals surface area (Å²) >= 11 is 0. The molecule has 0 saturated heterocycles. The Kier molecular flexibility index (Phi) is 7.58. The van der Waals surface area contributed by atoms with E-state index in [-0.39, 0.29) is 29.3 Å². The molecule has 2 aliphatic rings. The number of hydrogen-bond donors (Lipinski definition) is 3. The summed E-state index contributed by atoms with van der Waals surface area (Å²) in [4.78, 5) is 4.62. The first kappa shape index (κ1) is 23.6. The van der Waals surface area contributed by atoms with Gasteiger partial charge in [0, 0.05) is 6.61 Å². The van der Waals surface area contributed by atoms with Crippen molar-refractivity contribution >= 4 is 0 Å². The zero-order chi connectivity index (χ0) is 21.2. The second-order valence-corrected chi connectivity index (χ2v) is 10.4. The molecule has 0 aromatic carbocycles. The second kappa shape index (κ2) is 8.99. The Hall–Kier alpha value is -0.680. The predicted octanol–water partition coefficient (Wildman–Crippen LogP) is 5.36. The Morgan fingerprint density at radius 1 is 1.21 bits per heavy atom. The van der Waals surface area contributed by atoms with Crippen LogP contribution in [0.4, 0.5) is 0 Å². The topological polar surface area (TPSA) is 69.9 Å². The molecule has 2 saturated carbocycles. The van der Waals surface area contributed by atoms with Gasteiger partial charge in [-0.15, -0.1) is 0 Å². The van der Waals surface area contributed by atoms with Gasteiger partial charge in [-0.2, -0.15) is 0 Å². The molecule has 0 amide bonds. The van der Waals surface area contributed by atoms with Gasteiger partial charge in [-0.25, -0.2) is 4.89 Å². The van der Waals surface area contributed by atoms with E-state index in [0.717, 1.165) is 18.4 Å². The van der Waals surface area contributed by atoms with E-state index in [9.17, 15) is 10.4 Å². The maximum Gasteiger partial charge on any atom is 0.132 e. The summed E-state index contributed by atoms with van der Waals surface area (Å²) in [7, 11) is 0. The number of fused-ring (bicyclic) bond motifs is 1. The van der Waals surface area contributed by atoms with Crippen molar-refractivity contribution in [3.63, 3.8) is 0 Å². The lowest BCUT2D eigenvalue weighted by Gasteiger charge is -2.63. The summed E-state index contributed by atoms with van der Waals surface area (Å²) in [5.74, 6) is 0.768. The molecule has 162 valence electrons. The standard InChI is InChI=1S/C24H42O4/c1-17(16-25)8-10-20(28-27)18(2)12-15-24(26)19(3)9-11-21-22(4,5)13-7-14-23(21,24)6/h8,10,17,19-21,25-27H,2,7,9,11-16H2,1,3-6H3/b10-8+/t17-,19+,20?,21-,23-,24+/m0/s1. The molecule has 2 fully saturated rings. The van der Waals surface area contributed by atoms with E-state index < -0.39 is 11.7 Å². The fourth-order valence-corrected chi connectivity index (χ4v) is 6.19. The van der Waals surface area contributed by atoms with Gasteiger partial charge in [-0.1, -0.05) is 59.8 Å². The Morgan fingerprint density at radius 3 is 2.50 bits per heavy atom. The molecule has 0 aliphatic heterocycles. The number of hydrogen-bond acceptors (Lipinski definition) is 4. The normalized spacial score (nSPS) is 37.4. The monoisotopic (exact) mass is 394 g/mol. The van der Waals surface area contributed by atoms with Crippen LogP contribution in [0.1, 0.15) is 79.6 Å². The van der Waals surface area contributed by atoms with Crippen molar-refractivity contribution in [1.29, 1.82) is 0 Å². The average Bonchev–Trinajstić information content (AvgIpc) is 2.64. The van der Waals surface area contributed by atoms with E-state index in [1.165, 1.54) is 19.3 Å². The number of rotatable bonds is 8. The molecule has 6 atom stereocenters. The maximum atomic E-state index is 12.0. The van der Waals surface area contributed by atoms with Crippen LogP contribution in [-0.2, 0) is 4.89 Å². The van der Waals surface area contributed by atoms with E-state index in [4.69, 9.17) is 5.11 Å². The van der Waals surface area contributed by atoms with Gasteiger partial charge in [0.1, 0.15) is 6.10 Å². The van der Waals surface area contributed by atoms with Crippen LogP contribution in [0.25, 0.3) is 0 Å². The Balaban J connectivity index is 2.16. The molecule has 0 spiro atoms. The van der Waals surface area contributed by atoms with Crippen LogP contribution in [0.3, 0.4) is 0 Å². The molecule has 28 heavy (non-hydrogen) atoms. The molecular formula is C24H42O4. The molecule has 4 nitrogen and oxygen atoms in total. The molecule has 0 heterocycles. The third-order valence-corrected chi connectivity index (χ3v) is 8.17. The largest absolute Gasteiger partial charge is 0.396 e. The minimum atomic E-state index is -0.737. The maximum absolute atomic E-state index is 12.0. The summed E-state index contributed by atoms with van der Waals surface area (Å²) in [6, 6.07) is 0. The van der Waals surface area contributed by atoms with Crippen molar-refractivity contribution in [1.82, 2.24) is 0 Å². The lowest BCUT2D eigenvalue weighted by molar-refractivity contribution is -0.257. The summed E-state index contributed by atoms with van der Waals surface area (Å²) in [6.07, 6.45) is 9.92. The van der Waals surface area contributed by atoms with Crippen molar-refractivity contribution in [3.05, 3.63) is 24.3 Å². The second-order valence-electron chi connectivity index (χ2n) is 10.4. The Labute approximate surface area is 171 Å². The van der Waals surface area contributed by atoms with Gasteiger partial charge in [0.2, 0.25) is 0 Å². The Morgan fingerprint density at radius 2 is 1.89 bits per heavy atom. The van der Waals surface area contributed by atoms with Crippen molar-refractivity contribution in [2.75, 3.05) is 6.61 Å². The third kappa shape index (κ3) is 4.40. The van der Waals surface area contributed by atoms with Crippen molar-refractivity contribution < 1.29 is 20.4 Å². The summed E-state index contributed by atoms with van der Waals surface area (Å²) in [5.41, 5.74) is 0.186. The van der Waals surface area contributed by atoms with Crippen LogP contribution in [0.15, 0.2) is 24.3 Å². The van der Waals surface area contributed by atoms with Crippen LogP contribution in [-0.4, -0.2) is 33.8 Å². The molecule has 0 bridgehead atoms. The quantitative estimate of drug-likeness (QED) is 0.294. The van der Waals surface area contributed by atoms with Crippen LogP contribution < -0.4 is 0 Å². The first-order chi connectivity index (χ1) is 13.0. The van der Waals surface area contributed by atoms with E-state index >= 15 is 0 Å². The van der Waals surface area contributed by atoms with Crippen LogP contribution >= 0.6 is 0 Å². The van der Waals surface area contributed by atoms with Crippen molar-refractivity contribution in [3.8, 4) is 0 Å². The molecule has 0 aromatic rings. The minimum Gasteiger partial charge on any atom is -0.396 e. The first-order valence-electron chi connectivity index (χ1n) is 11.0. The molecule has 2 rings (SSSR count). The minimum absolute atomic E-state index is 0.00265. The highest BCUT2D eigenvalue weighted by molar-refractivity contribution is 5.16. The van der Waals surface area contributed by atoms with Gasteiger partial charge >= 0.3 is 0 Å². The van der Waals surface area contributed by atoms with Gasteiger partial charge in [0.05, 0.1) is 5.60 Å². The summed E-state index contributed by atoms with van der Waals surface area (Å²) in [6.45, 7) is 15.3. The molecular weight excluding hydrogens is 352 g/mol. The smallest absolute Gasteiger partial charge is 0.132 e. The van der Waals surface area contributed by atoms with Gasteiger partial charge in [0.15, 0.2) is 0 Å². The molecule has 3 N–H and O–H groups in total. The molecule has 0 aromatic heterocycles. The van der Waals surface area contributed by atoms with Crippen LogP contribution in [0.2, 0.25) is 0 Å². The lowest BCUT2D eigenvalue weighted by atomic mass is 9.44. The third-order valence-electron chi connectivity index (χ3n) is 8.17. The van der Waals surface area contributed by atoms with E-state index in [1.54, 1.807) is 6.08 Å². The molecule has 0 radical (unpaired) electrons. The van der Waals surface area contributed by atoms with Gasteiger partial charge in [0.25, 0.3) is 0 Å². The van der Waals surface area contributed by atoms with Crippen molar-refractivity contribution in [2.45, 2.75) is 91.3 Å². The van der Waals surface area contributed by atoms with E-state index in [1.807, 2.05) is 13.0 Å². The fraction of sp³-hybridized carbons (Fsp3) is 0.833. The van der Waals surface area contributed by atoms with Gasteiger partial charge < -0.3 is 10.2 Å². The van der Waals surface area contributed by atoms with Gasteiger partial charge in [-0.3, -0.25) is 5.26 Å². The van der Waals surface area contributed by atoms with Gasteiger partial charge in [-0.05, 0) is 72.7 Å². The molecule has 1 unspecified atom stereocenters. The average molecular weight is 395 g/mol. The van der Waals surface area contributed by atoms with Crippen LogP contribution in [0, 0.1) is 28.6 Å². The number of aliphatic hydroxyl groups is 2. The predicted molar refractivity (Wildman–Crippen MR) is 114 cm³/mol. The summed E-state index contributed by atoms with van der Waals surface area (Å²) < 4.78 is 0. The van der Waals surface area contributed by atoms with E-state index in [2.05, 4.69) is 39.2 Å². The SMILES string of the molecule is C=C(CC[C@@]1(O)[C@H](C)CC[C@H]2C(C)(C)CCC[C@@]21C)C(/C=C/[C@H](C)CO)OO. The summed E-state index contributed by atoms with van der Waals surface area (Å²) in [5, 5.41) is 30.5. The fourth-order valence-electron chi connectivity index (χ4n) is 6.19. The molecule has 2 aliphatic carbocycles. The Bertz CT molecular complexity index is 569. The van der Waals surface area contributed by atoms with E-state index in [0.29, 0.717) is 18.8 Å². The zero-order valence-electron chi connectivity index (χ0n) is 18.6. The van der Waals surface area contributed by atoms with Crippen LogP contribution in [0.5, 0.6) is 0 Å². The zero-order valence-corrected chi connectivity index (χ0v) is 18.6. The van der Waals surface area contributed by atoms with Crippen molar-refractivity contribution in [2.24, 2.45) is 28.6 Å². The highest BCUT2D eigenvalue weighted by Gasteiger charge is 2.60. The highest BCUT2D eigenvalue weighted by atomic mass is 17.1. The first-order valence-corrected chi connectivity index (χ1v) is 11.0. The highest BCUT2D eigenvalue weighted by Crippen LogP contribution is 2.63. The molecule has 4 heteroatoms. The number of aliphatic hydroxyl groups excluding tert-OH is 1.